The van der Waals surface area contributed by atoms with Crippen molar-refractivity contribution in [2.45, 2.75) is 46.5 Å². The molecule has 2 atom stereocenters. The summed E-state index contributed by atoms with van der Waals surface area (Å²) in [5.41, 5.74) is 0. The molecular weight excluding hydrogens is 342 g/mol. The molecule has 1 aliphatic heterocycles. The average molecular weight is 382 g/mol. The van der Waals surface area contributed by atoms with E-state index in [1.165, 1.54) is 0 Å². The van der Waals surface area contributed by atoms with Crippen molar-refractivity contribution in [1.29, 1.82) is 0 Å². The van der Waals surface area contributed by atoms with Gasteiger partial charge in [0.25, 0.3) is 0 Å². The zero-order chi connectivity index (χ0) is 20.1. The molecule has 1 saturated heterocycles. The number of amides is 2. The summed E-state index contributed by atoms with van der Waals surface area (Å²) in [6, 6.07) is 0. The number of rotatable bonds is 13. The normalized spacial score (nSPS) is 16.9. The number of allylic oxidation sites excluding steroid dienone is 1. The van der Waals surface area contributed by atoms with E-state index in [1.54, 1.807) is 0 Å². The Bertz CT molecular complexity index is 462. The first kappa shape index (κ1) is 23.6. The molecular formula is C21H39N3O3. The smallest absolute Gasteiger partial charge is 0.241 e. The number of nitrogens with one attached hydrogen (secondary N) is 1. The van der Waals surface area contributed by atoms with Gasteiger partial charge in [0, 0.05) is 26.2 Å². The van der Waals surface area contributed by atoms with E-state index >= 15 is 0 Å². The van der Waals surface area contributed by atoms with Gasteiger partial charge in [0.1, 0.15) is 0 Å². The van der Waals surface area contributed by atoms with Crippen LogP contribution in [0.25, 0.3) is 0 Å². The first-order valence-electron chi connectivity index (χ1n) is 10.4. The van der Waals surface area contributed by atoms with Crippen LogP contribution in [0.4, 0.5) is 0 Å². The van der Waals surface area contributed by atoms with Crippen LogP contribution in [-0.4, -0.2) is 74.6 Å². The Morgan fingerprint density at radius 2 is 1.93 bits per heavy atom. The van der Waals surface area contributed by atoms with Crippen molar-refractivity contribution < 1.29 is 14.3 Å². The summed E-state index contributed by atoms with van der Waals surface area (Å²) in [5.74, 6) is 0.144. The molecule has 1 N–H and O–H groups in total. The lowest BCUT2D eigenvalue weighted by atomic mass is 10.1. The van der Waals surface area contributed by atoms with Crippen LogP contribution in [-0.2, 0) is 14.3 Å². The van der Waals surface area contributed by atoms with Crippen molar-refractivity contribution in [3.63, 3.8) is 0 Å². The van der Waals surface area contributed by atoms with Gasteiger partial charge in [-0.15, -0.1) is 0 Å². The molecule has 6 heteroatoms. The predicted octanol–water partition coefficient (Wildman–Crippen LogP) is 2.30. The highest BCUT2D eigenvalue weighted by atomic mass is 16.5. The van der Waals surface area contributed by atoms with E-state index in [0.717, 1.165) is 51.9 Å². The third kappa shape index (κ3) is 10.5. The van der Waals surface area contributed by atoms with Crippen LogP contribution in [0.5, 0.6) is 0 Å². The Morgan fingerprint density at radius 3 is 2.59 bits per heavy atom. The molecule has 6 nitrogen and oxygen atoms in total. The Hall–Kier alpha value is -1.40. The molecule has 0 aromatic rings. The van der Waals surface area contributed by atoms with Crippen LogP contribution in [0.2, 0.25) is 0 Å². The summed E-state index contributed by atoms with van der Waals surface area (Å²) in [4.78, 5) is 28.2. The SMILES string of the molecule is C/C=C/CN(C)CCCC(C)COCC(C)C(=O)NCC(=O)N1CCCC1. The molecule has 2 unspecified atom stereocenters. The first-order chi connectivity index (χ1) is 12.9. The number of carbonyl (C=O) groups is 2. The fourth-order valence-corrected chi connectivity index (χ4v) is 3.11. The van der Waals surface area contributed by atoms with Gasteiger partial charge < -0.3 is 19.9 Å². The highest BCUT2D eigenvalue weighted by molar-refractivity contribution is 5.85. The van der Waals surface area contributed by atoms with Crippen molar-refractivity contribution in [2.75, 3.05) is 53.0 Å². The third-order valence-corrected chi connectivity index (χ3v) is 4.98. The minimum Gasteiger partial charge on any atom is -0.380 e. The Labute approximate surface area is 165 Å². The van der Waals surface area contributed by atoms with Crippen molar-refractivity contribution in [2.24, 2.45) is 11.8 Å². The van der Waals surface area contributed by atoms with Gasteiger partial charge in [-0.1, -0.05) is 26.0 Å². The highest BCUT2D eigenvalue weighted by Gasteiger charge is 2.20. The fraction of sp³-hybridized carbons (Fsp3) is 0.810. The maximum atomic E-state index is 12.1. The van der Waals surface area contributed by atoms with Crippen molar-refractivity contribution in [3.05, 3.63) is 12.2 Å². The van der Waals surface area contributed by atoms with Gasteiger partial charge >= 0.3 is 0 Å². The van der Waals surface area contributed by atoms with Gasteiger partial charge in [0.15, 0.2) is 0 Å². The summed E-state index contributed by atoms with van der Waals surface area (Å²) in [5, 5.41) is 2.74. The summed E-state index contributed by atoms with van der Waals surface area (Å²) in [7, 11) is 2.13. The second kappa shape index (κ2) is 13.7. The lowest BCUT2D eigenvalue weighted by Crippen LogP contribution is -2.41. The monoisotopic (exact) mass is 381 g/mol. The topological polar surface area (TPSA) is 61.9 Å². The van der Waals surface area contributed by atoms with Gasteiger partial charge in [-0.2, -0.15) is 0 Å². The maximum absolute atomic E-state index is 12.1. The minimum atomic E-state index is -0.240. The Kier molecular flexibility index (Phi) is 12.0. The molecule has 0 bridgehead atoms. The standard InChI is InChI=1S/C21H39N3O3/c1-5-6-11-23(4)12-9-10-18(2)16-27-17-19(3)21(26)22-15-20(25)24-13-7-8-14-24/h5-6,18-19H,7-17H2,1-4H3,(H,22,26)/b6-5+. The van der Waals surface area contributed by atoms with Gasteiger partial charge in [-0.3, -0.25) is 9.59 Å². The summed E-state index contributed by atoms with van der Waals surface area (Å²) in [6.07, 6.45) is 8.63. The number of likely N-dealkylation sites (N-methyl/N-ethyl adjacent to an activating group) is 1. The molecule has 1 fully saturated rings. The van der Waals surface area contributed by atoms with Crippen LogP contribution >= 0.6 is 0 Å². The Morgan fingerprint density at radius 1 is 1.22 bits per heavy atom. The maximum Gasteiger partial charge on any atom is 0.241 e. The van der Waals surface area contributed by atoms with E-state index in [1.807, 2.05) is 18.7 Å². The molecule has 1 rings (SSSR count). The summed E-state index contributed by atoms with van der Waals surface area (Å²) >= 11 is 0. The van der Waals surface area contributed by atoms with Gasteiger partial charge in [0.05, 0.1) is 19.1 Å². The number of carbonyl (C=O) groups excluding carboxylic acids is 2. The molecule has 0 spiro atoms. The second-order valence-electron chi connectivity index (χ2n) is 7.82. The zero-order valence-electron chi connectivity index (χ0n) is 17.7. The van der Waals surface area contributed by atoms with Crippen LogP contribution < -0.4 is 5.32 Å². The summed E-state index contributed by atoms with van der Waals surface area (Å²) < 4.78 is 5.73. The molecule has 0 aromatic heterocycles. The molecule has 1 aliphatic rings. The van der Waals surface area contributed by atoms with Crippen LogP contribution in [0, 0.1) is 11.8 Å². The lowest BCUT2D eigenvalue weighted by molar-refractivity contribution is -0.133. The molecule has 0 radical (unpaired) electrons. The number of nitrogens with zero attached hydrogens (tertiary/aromatic N) is 2. The van der Waals surface area contributed by atoms with Crippen molar-refractivity contribution in [1.82, 2.24) is 15.1 Å². The predicted molar refractivity (Wildman–Crippen MR) is 110 cm³/mol. The van der Waals surface area contributed by atoms with Crippen LogP contribution in [0.1, 0.15) is 46.5 Å². The van der Waals surface area contributed by atoms with Gasteiger partial charge in [-0.25, -0.2) is 0 Å². The molecule has 156 valence electrons. The average Bonchev–Trinajstić information content (AvgIpc) is 3.18. The third-order valence-electron chi connectivity index (χ3n) is 4.98. The van der Waals surface area contributed by atoms with Crippen LogP contribution in [0.3, 0.4) is 0 Å². The van der Waals surface area contributed by atoms with E-state index in [9.17, 15) is 9.59 Å². The molecule has 0 aromatic carbocycles. The van der Waals surface area contributed by atoms with E-state index in [0.29, 0.717) is 19.1 Å². The van der Waals surface area contributed by atoms with Crippen molar-refractivity contribution >= 4 is 11.8 Å². The van der Waals surface area contributed by atoms with Gasteiger partial charge in [0.2, 0.25) is 11.8 Å². The molecule has 0 aliphatic carbocycles. The van der Waals surface area contributed by atoms with Crippen LogP contribution in [0.15, 0.2) is 12.2 Å². The van der Waals surface area contributed by atoms with E-state index in [-0.39, 0.29) is 24.3 Å². The molecule has 27 heavy (non-hydrogen) atoms. The zero-order valence-corrected chi connectivity index (χ0v) is 17.7. The van der Waals surface area contributed by atoms with Crippen molar-refractivity contribution in [3.8, 4) is 0 Å². The Balaban J connectivity index is 2.08. The van der Waals surface area contributed by atoms with Gasteiger partial charge in [-0.05, 0) is 52.1 Å². The highest BCUT2D eigenvalue weighted by Crippen LogP contribution is 2.09. The van der Waals surface area contributed by atoms with E-state index in [2.05, 4.69) is 36.3 Å². The first-order valence-corrected chi connectivity index (χ1v) is 10.4. The quantitative estimate of drug-likeness (QED) is 0.497. The number of ether oxygens (including phenoxy) is 1. The molecule has 0 saturated carbocycles. The molecule has 1 heterocycles. The minimum absolute atomic E-state index is 0.0157. The second-order valence-corrected chi connectivity index (χ2v) is 7.82. The summed E-state index contributed by atoms with van der Waals surface area (Å²) in [6.45, 7) is 10.9. The number of hydrogen-bond acceptors (Lipinski definition) is 4. The number of hydrogen-bond donors (Lipinski definition) is 1. The van der Waals surface area contributed by atoms with E-state index < -0.39 is 0 Å². The number of likely N-dealkylation sites (tertiary alicyclic amines) is 1. The van der Waals surface area contributed by atoms with E-state index in [4.69, 9.17) is 4.74 Å². The largest absolute Gasteiger partial charge is 0.380 e. The lowest BCUT2D eigenvalue weighted by Gasteiger charge is -2.18. The fourth-order valence-electron chi connectivity index (χ4n) is 3.11. The molecule has 2 amide bonds.